The number of methoxy groups -OCH3 is 1. The van der Waals surface area contributed by atoms with Gasteiger partial charge in [0.25, 0.3) is 0 Å². The van der Waals surface area contributed by atoms with Crippen LogP contribution in [0.5, 0.6) is 0 Å². The molecule has 2 unspecified atom stereocenters. The lowest BCUT2D eigenvalue weighted by molar-refractivity contribution is 0.151. The molecule has 3 N–H and O–H groups in total. The van der Waals surface area contributed by atoms with Gasteiger partial charge in [-0.05, 0) is 43.5 Å². The van der Waals surface area contributed by atoms with Crippen molar-refractivity contribution in [3.8, 4) is 0 Å². The molecule has 1 fully saturated rings. The van der Waals surface area contributed by atoms with E-state index in [0.717, 1.165) is 42.4 Å². The number of rotatable bonds is 5. The van der Waals surface area contributed by atoms with Crippen LogP contribution in [0.3, 0.4) is 0 Å². The summed E-state index contributed by atoms with van der Waals surface area (Å²) in [5, 5.41) is 16.5. The minimum absolute atomic E-state index is 0.145. The van der Waals surface area contributed by atoms with Crippen LogP contribution < -0.4 is 10.6 Å². The average molecular weight is 317 g/mol. The lowest BCUT2D eigenvalue weighted by atomic mass is 10.2. The van der Waals surface area contributed by atoms with E-state index in [1.54, 1.807) is 7.11 Å². The van der Waals surface area contributed by atoms with Crippen molar-refractivity contribution in [3.63, 3.8) is 0 Å². The van der Waals surface area contributed by atoms with E-state index in [0.29, 0.717) is 6.61 Å². The molecule has 1 aromatic heterocycles. The minimum atomic E-state index is -0.432. The lowest BCUT2D eigenvalue weighted by Gasteiger charge is -2.17. The molecule has 0 bridgehead atoms. The second-order valence-electron chi connectivity index (χ2n) is 5.98. The number of benzene rings is 1. The summed E-state index contributed by atoms with van der Waals surface area (Å²) in [4.78, 5) is 12.0. The van der Waals surface area contributed by atoms with Gasteiger partial charge in [-0.2, -0.15) is 0 Å². The van der Waals surface area contributed by atoms with Gasteiger partial charge >= 0.3 is 6.03 Å². The number of nitrogens with one attached hydrogen (secondary N) is 2. The number of aliphatic hydroxyl groups is 1. The second kappa shape index (κ2) is 7.02. The summed E-state index contributed by atoms with van der Waals surface area (Å²) in [5.41, 5.74) is 1.85. The molecule has 2 amide bonds. The number of hydrogen-bond acceptors (Lipinski definition) is 3. The third-order valence-corrected chi connectivity index (χ3v) is 4.36. The number of urea groups is 1. The number of fused-ring (bicyclic) bond motifs is 1. The summed E-state index contributed by atoms with van der Waals surface area (Å²) in [6, 6.07) is 7.43. The fourth-order valence-corrected chi connectivity index (χ4v) is 3.11. The summed E-state index contributed by atoms with van der Waals surface area (Å²) in [7, 11) is 1.69. The van der Waals surface area contributed by atoms with Gasteiger partial charge in [-0.1, -0.05) is 0 Å². The van der Waals surface area contributed by atoms with Gasteiger partial charge in [0.05, 0.1) is 18.8 Å². The van der Waals surface area contributed by atoms with E-state index in [2.05, 4.69) is 15.2 Å². The number of amides is 2. The molecule has 1 aliphatic carbocycles. The van der Waals surface area contributed by atoms with Crippen LogP contribution in [0.15, 0.2) is 30.5 Å². The van der Waals surface area contributed by atoms with Gasteiger partial charge in [-0.15, -0.1) is 0 Å². The number of aliphatic hydroxyl groups excluding tert-OH is 1. The maximum atomic E-state index is 12.0. The predicted octanol–water partition coefficient (Wildman–Crippen LogP) is 2.32. The quantitative estimate of drug-likeness (QED) is 0.792. The molecular formula is C17H23N3O3. The number of aromatic nitrogens is 1. The van der Waals surface area contributed by atoms with Gasteiger partial charge in [-0.25, -0.2) is 4.79 Å². The summed E-state index contributed by atoms with van der Waals surface area (Å²) >= 11 is 0. The third kappa shape index (κ3) is 3.65. The van der Waals surface area contributed by atoms with Crippen LogP contribution in [0.1, 0.15) is 19.3 Å². The normalized spacial score (nSPS) is 20.8. The fourth-order valence-electron chi connectivity index (χ4n) is 3.11. The first kappa shape index (κ1) is 15.8. The number of carbonyl (C=O) groups is 1. The van der Waals surface area contributed by atoms with Crippen LogP contribution in [0.2, 0.25) is 0 Å². The van der Waals surface area contributed by atoms with Crippen LogP contribution in [-0.4, -0.2) is 41.6 Å². The maximum Gasteiger partial charge on any atom is 0.319 e. The van der Waals surface area contributed by atoms with Crippen LogP contribution in [0.25, 0.3) is 10.9 Å². The number of nitrogens with zero attached hydrogens (tertiary/aromatic N) is 1. The summed E-state index contributed by atoms with van der Waals surface area (Å²) in [6.45, 7) is 1.46. The minimum Gasteiger partial charge on any atom is -0.391 e. The number of carbonyl (C=O) groups excluding carboxylic acids is 1. The maximum absolute atomic E-state index is 12.0. The topological polar surface area (TPSA) is 75.5 Å². The Kier molecular flexibility index (Phi) is 4.83. The van der Waals surface area contributed by atoms with Crippen molar-refractivity contribution in [1.29, 1.82) is 0 Å². The Morgan fingerprint density at radius 3 is 3.00 bits per heavy atom. The van der Waals surface area contributed by atoms with E-state index in [-0.39, 0.29) is 12.1 Å². The fraction of sp³-hybridized carbons (Fsp3) is 0.471. The van der Waals surface area contributed by atoms with Gasteiger partial charge in [0.1, 0.15) is 0 Å². The van der Waals surface area contributed by atoms with Crippen molar-refractivity contribution in [2.24, 2.45) is 0 Å². The molecule has 1 aliphatic rings. The first-order valence-corrected chi connectivity index (χ1v) is 8.01. The molecule has 1 saturated carbocycles. The zero-order valence-corrected chi connectivity index (χ0v) is 13.3. The SMILES string of the molecule is COCCn1ccc2cc(NC(=O)NC3CCCC3O)ccc21. The van der Waals surface area contributed by atoms with Crippen molar-refractivity contribution < 1.29 is 14.6 Å². The van der Waals surface area contributed by atoms with E-state index in [9.17, 15) is 9.90 Å². The van der Waals surface area contributed by atoms with Gasteiger partial charge in [0, 0.05) is 36.4 Å². The van der Waals surface area contributed by atoms with E-state index in [4.69, 9.17) is 4.74 Å². The molecule has 0 spiro atoms. The van der Waals surface area contributed by atoms with Crippen molar-refractivity contribution in [3.05, 3.63) is 30.5 Å². The van der Waals surface area contributed by atoms with Gasteiger partial charge < -0.3 is 25.0 Å². The summed E-state index contributed by atoms with van der Waals surface area (Å²) in [6.07, 6.45) is 4.12. The van der Waals surface area contributed by atoms with Crippen molar-refractivity contribution in [2.75, 3.05) is 19.0 Å². The molecule has 1 heterocycles. The Balaban J connectivity index is 1.65. The molecule has 124 valence electrons. The summed E-state index contributed by atoms with van der Waals surface area (Å²) < 4.78 is 7.23. The molecule has 6 heteroatoms. The Labute approximate surface area is 135 Å². The zero-order valence-electron chi connectivity index (χ0n) is 13.3. The predicted molar refractivity (Wildman–Crippen MR) is 89.6 cm³/mol. The molecule has 2 aromatic rings. The first-order valence-electron chi connectivity index (χ1n) is 8.01. The van der Waals surface area contributed by atoms with E-state index < -0.39 is 6.10 Å². The second-order valence-corrected chi connectivity index (χ2v) is 5.98. The standard InChI is InChI=1S/C17H23N3O3/c1-23-10-9-20-8-7-12-11-13(5-6-15(12)20)18-17(22)19-14-3-2-4-16(14)21/h5-8,11,14,16,21H,2-4,9-10H2,1H3,(H2,18,19,22). The Hall–Kier alpha value is -2.05. The molecule has 2 atom stereocenters. The third-order valence-electron chi connectivity index (χ3n) is 4.36. The Morgan fingerprint density at radius 1 is 1.39 bits per heavy atom. The van der Waals surface area contributed by atoms with Gasteiger partial charge in [0.2, 0.25) is 0 Å². The molecule has 3 rings (SSSR count). The smallest absolute Gasteiger partial charge is 0.319 e. The summed E-state index contributed by atoms with van der Waals surface area (Å²) in [5.74, 6) is 0. The Morgan fingerprint density at radius 2 is 2.26 bits per heavy atom. The molecule has 0 saturated heterocycles. The molecular weight excluding hydrogens is 294 g/mol. The van der Waals surface area contributed by atoms with Crippen molar-refractivity contribution in [2.45, 2.75) is 38.0 Å². The van der Waals surface area contributed by atoms with E-state index in [1.165, 1.54) is 0 Å². The van der Waals surface area contributed by atoms with E-state index >= 15 is 0 Å². The highest BCUT2D eigenvalue weighted by molar-refractivity contribution is 5.93. The first-order chi connectivity index (χ1) is 11.2. The molecule has 0 radical (unpaired) electrons. The highest BCUT2D eigenvalue weighted by Gasteiger charge is 2.26. The molecule has 6 nitrogen and oxygen atoms in total. The average Bonchev–Trinajstić information content (AvgIpc) is 3.11. The molecule has 0 aliphatic heterocycles. The highest BCUT2D eigenvalue weighted by Crippen LogP contribution is 2.21. The lowest BCUT2D eigenvalue weighted by Crippen LogP contribution is -2.42. The number of hydrogen-bond donors (Lipinski definition) is 3. The monoisotopic (exact) mass is 317 g/mol. The molecule has 1 aromatic carbocycles. The zero-order chi connectivity index (χ0) is 16.2. The van der Waals surface area contributed by atoms with Crippen molar-refractivity contribution >= 4 is 22.6 Å². The van der Waals surface area contributed by atoms with Crippen LogP contribution >= 0.6 is 0 Å². The Bertz CT molecular complexity index is 683. The van der Waals surface area contributed by atoms with Gasteiger partial charge in [0.15, 0.2) is 0 Å². The number of ether oxygens (including phenoxy) is 1. The molecule has 23 heavy (non-hydrogen) atoms. The highest BCUT2D eigenvalue weighted by atomic mass is 16.5. The number of anilines is 1. The van der Waals surface area contributed by atoms with E-state index in [1.807, 2.05) is 30.5 Å². The van der Waals surface area contributed by atoms with Crippen LogP contribution in [-0.2, 0) is 11.3 Å². The largest absolute Gasteiger partial charge is 0.391 e. The van der Waals surface area contributed by atoms with Gasteiger partial charge in [-0.3, -0.25) is 0 Å². The van der Waals surface area contributed by atoms with Crippen LogP contribution in [0, 0.1) is 0 Å². The van der Waals surface area contributed by atoms with Crippen LogP contribution in [0.4, 0.5) is 10.5 Å². The van der Waals surface area contributed by atoms with Crippen molar-refractivity contribution in [1.82, 2.24) is 9.88 Å².